The van der Waals surface area contributed by atoms with Crippen molar-refractivity contribution in [2.75, 3.05) is 6.54 Å². The van der Waals surface area contributed by atoms with Gasteiger partial charge in [-0.1, -0.05) is 48.5 Å². The van der Waals surface area contributed by atoms with Crippen LogP contribution in [-0.2, 0) is 9.59 Å². The maximum atomic E-state index is 12.5. The van der Waals surface area contributed by atoms with Gasteiger partial charge in [0, 0.05) is 11.6 Å². The predicted molar refractivity (Wildman–Crippen MR) is 102 cm³/mol. The zero-order chi connectivity index (χ0) is 19.1. The number of hydrogen-bond acceptors (Lipinski definition) is 3. The summed E-state index contributed by atoms with van der Waals surface area (Å²) in [6.45, 7) is -0.0521. The van der Waals surface area contributed by atoms with Crippen molar-refractivity contribution in [1.82, 2.24) is 16.0 Å². The molecule has 1 atom stereocenters. The third kappa shape index (κ3) is 5.95. The minimum Gasteiger partial charge on any atom is -0.352 e. The fourth-order valence-corrected chi connectivity index (χ4v) is 2.71. The summed E-state index contributed by atoms with van der Waals surface area (Å²) in [7, 11) is 0. The molecule has 3 rings (SSSR count). The van der Waals surface area contributed by atoms with Gasteiger partial charge in [0.15, 0.2) is 0 Å². The number of hydrogen-bond donors (Lipinski definition) is 3. The summed E-state index contributed by atoms with van der Waals surface area (Å²) in [5.74, 6) is -0.720. The highest BCUT2D eigenvalue weighted by atomic mass is 16.2. The second-order valence-corrected chi connectivity index (χ2v) is 6.63. The third-order valence-electron chi connectivity index (χ3n) is 4.32. The van der Waals surface area contributed by atoms with Crippen LogP contribution in [0.15, 0.2) is 60.7 Å². The van der Waals surface area contributed by atoms with E-state index in [1.165, 1.54) is 0 Å². The van der Waals surface area contributed by atoms with Crippen molar-refractivity contribution in [3.63, 3.8) is 0 Å². The lowest BCUT2D eigenvalue weighted by molar-refractivity contribution is -0.126. The first-order valence-corrected chi connectivity index (χ1v) is 9.09. The van der Waals surface area contributed by atoms with Crippen molar-refractivity contribution in [3.8, 4) is 0 Å². The van der Waals surface area contributed by atoms with E-state index in [4.69, 9.17) is 0 Å². The Morgan fingerprint density at radius 1 is 0.889 bits per heavy atom. The van der Waals surface area contributed by atoms with Crippen LogP contribution in [0.25, 0.3) is 0 Å². The number of amides is 3. The molecule has 6 heteroatoms. The molecule has 1 aliphatic rings. The van der Waals surface area contributed by atoms with Crippen LogP contribution in [0.2, 0.25) is 0 Å². The molecule has 1 fully saturated rings. The topological polar surface area (TPSA) is 87.3 Å². The van der Waals surface area contributed by atoms with Crippen LogP contribution < -0.4 is 16.0 Å². The Balaban J connectivity index is 1.60. The molecule has 2 aromatic rings. The fraction of sp³-hybridized carbons (Fsp3) is 0.286. The Morgan fingerprint density at radius 2 is 1.52 bits per heavy atom. The molecule has 0 heterocycles. The monoisotopic (exact) mass is 365 g/mol. The van der Waals surface area contributed by atoms with Crippen molar-refractivity contribution in [2.24, 2.45) is 0 Å². The van der Waals surface area contributed by atoms with Gasteiger partial charge in [-0.25, -0.2) is 0 Å². The van der Waals surface area contributed by atoms with Gasteiger partial charge in [0.05, 0.1) is 19.0 Å². The molecule has 0 aromatic heterocycles. The molecule has 0 spiro atoms. The molecule has 1 saturated carbocycles. The fourth-order valence-electron chi connectivity index (χ4n) is 2.71. The molecule has 0 radical (unpaired) electrons. The second kappa shape index (κ2) is 8.98. The van der Waals surface area contributed by atoms with Gasteiger partial charge in [0.2, 0.25) is 11.8 Å². The average molecular weight is 365 g/mol. The summed E-state index contributed by atoms with van der Waals surface area (Å²) in [5.41, 5.74) is 1.36. The van der Waals surface area contributed by atoms with E-state index >= 15 is 0 Å². The van der Waals surface area contributed by atoms with Crippen molar-refractivity contribution in [3.05, 3.63) is 71.8 Å². The van der Waals surface area contributed by atoms with Crippen LogP contribution in [0.1, 0.15) is 41.2 Å². The smallest absolute Gasteiger partial charge is 0.251 e. The highest BCUT2D eigenvalue weighted by molar-refractivity contribution is 5.94. The minimum atomic E-state index is -0.481. The van der Waals surface area contributed by atoms with Crippen LogP contribution in [0.4, 0.5) is 0 Å². The van der Waals surface area contributed by atoms with Crippen LogP contribution in [0.3, 0.4) is 0 Å². The quantitative estimate of drug-likeness (QED) is 0.668. The van der Waals surface area contributed by atoms with E-state index in [-0.39, 0.29) is 36.7 Å². The van der Waals surface area contributed by atoms with Gasteiger partial charge in [-0.3, -0.25) is 14.4 Å². The highest BCUT2D eigenvalue weighted by Gasteiger charge is 2.24. The summed E-state index contributed by atoms with van der Waals surface area (Å²) in [4.78, 5) is 36.5. The largest absolute Gasteiger partial charge is 0.352 e. The van der Waals surface area contributed by atoms with Crippen LogP contribution in [-0.4, -0.2) is 30.3 Å². The standard InChI is InChI=1S/C21H23N3O3/c25-19(22-14-20(26)23-17-11-12-17)13-18(15-7-3-1-4-8-15)24-21(27)16-9-5-2-6-10-16/h1-10,17-18H,11-14H2,(H,22,25)(H,23,26)(H,24,27)/t18-/m1/s1. The Hall–Kier alpha value is -3.15. The number of carbonyl (C=O) groups is 3. The van der Waals surface area contributed by atoms with E-state index in [0.29, 0.717) is 5.56 Å². The van der Waals surface area contributed by atoms with Gasteiger partial charge in [0.1, 0.15) is 0 Å². The lowest BCUT2D eigenvalue weighted by Gasteiger charge is -2.19. The first-order valence-electron chi connectivity index (χ1n) is 9.09. The molecular weight excluding hydrogens is 342 g/mol. The molecule has 140 valence electrons. The van der Waals surface area contributed by atoms with Gasteiger partial charge in [-0.15, -0.1) is 0 Å². The molecule has 2 aromatic carbocycles. The van der Waals surface area contributed by atoms with Gasteiger partial charge in [-0.2, -0.15) is 0 Å². The minimum absolute atomic E-state index is 0.0521. The maximum Gasteiger partial charge on any atom is 0.251 e. The van der Waals surface area contributed by atoms with Crippen LogP contribution in [0.5, 0.6) is 0 Å². The summed E-state index contributed by atoms with van der Waals surface area (Å²) in [6, 6.07) is 18.0. The normalized spacial score (nSPS) is 14.1. The average Bonchev–Trinajstić information content (AvgIpc) is 3.51. The van der Waals surface area contributed by atoms with E-state index in [0.717, 1.165) is 18.4 Å². The first-order chi connectivity index (χ1) is 13.1. The SMILES string of the molecule is O=C(C[C@@H](NC(=O)c1ccccc1)c1ccccc1)NCC(=O)NC1CC1. The van der Waals surface area contributed by atoms with Crippen LogP contribution in [0, 0.1) is 0 Å². The van der Waals surface area contributed by atoms with Gasteiger partial charge in [-0.05, 0) is 30.5 Å². The first kappa shape index (κ1) is 18.6. The lowest BCUT2D eigenvalue weighted by atomic mass is 10.0. The van der Waals surface area contributed by atoms with Gasteiger partial charge < -0.3 is 16.0 Å². The zero-order valence-corrected chi connectivity index (χ0v) is 15.0. The molecule has 0 aliphatic heterocycles. The molecule has 0 bridgehead atoms. The Bertz CT molecular complexity index is 789. The summed E-state index contributed by atoms with van der Waals surface area (Å²) in [6.07, 6.45) is 2.06. The molecule has 1 aliphatic carbocycles. The molecule has 6 nitrogen and oxygen atoms in total. The predicted octanol–water partition coefficient (Wildman–Crippen LogP) is 1.94. The molecule has 3 N–H and O–H groups in total. The molecule has 3 amide bonds. The Morgan fingerprint density at radius 3 is 2.15 bits per heavy atom. The van der Waals surface area contributed by atoms with Crippen molar-refractivity contribution >= 4 is 17.7 Å². The highest BCUT2D eigenvalue weighted by Crippen LogP contribution is 2.19. The maximum absolute atomic E-state index is 12.5. The Kier molecular flexibility index (Phi) is 6.20. The number of rotatable bonds is 8. The summed E-state index contributed by atoms with van der Waals surface area (Å²) < 4.78 is 0. The number of carbonyl (C=O) groups excluding carboxylic acids is 3. The van der Waals surface area contributed by atoms with Crippen LogP contribution >= 0.6 is 0 Å². The Labute approximate surface area is 158 Å². The van der Waals surface area contributed by atoms with E-state index < -0.39 is 6.04 Å². The zero-order valence-electron chi connectivity index (χ0n) is 15.0. The molecular formula is C21H23N3O3. The van der Waals surface area contributed by atoms with Gasteiger partial charge in [0.25, 0.3) is 5.91 Å². The van der Waals surface area contributed by atoms with Crippen molar-refractivity contribution < 1.29 is 14.4 Å². The van der Waals surface area contributed by atoms with E-state index in [2.05, 4.69) is 16.0 Å². The van der Waals surface area contributed by atoms with E-state index in [9.17, 15) is 14.4 Å². The molecule has 0 saturated heterocycles. The van der Waals surface area contributed by atoms with Gasteiger partial charge >= 0.3 is 0 Å². The lowest BCUT2D eigenvalue weighted by Crippen LogP contribution is -2.39. The number of nitrogens with one attached hydrogen (secondary N) is 3. The number of benzene rings is 2. The molecule has 27 heavy (non-hydrogen) atoms. The van der Waals surface area contributed by atoms with E-state index in [1.807, 2.05) is 36.4 Å². The van der Waals surface area contributed by atoms with Crippen molar-refractivity contribution in [1.29, 1.82) is 0 Å². The summed E-state index contributed by atoms with van der Waals surface area (Å²) in [5, 5.41) is 8.36. The third-order valence-corrected chi connectivity index (χ3v) is 4.32. The van der Waals surface area contributed by atoms with E-state index in [1.54, 1.807) is 24.3 Å². The second-order valence-electron chi connectivity index (χ2n) is 6.63. The van der Waals surface area contributed by atoms with Crippen molar-refractivity contribution in [2.45, 2.75) is 31.3 Å². The summed E-state index contributed by atoms with van der Waals surface area (Å²) >= 11 is 0. The molecule has 0 unspecified atom stereocenters.